The third kappa shape index (κ3) is 1.71. The molecule has 2 amide bonds. The number of piperazine rings is 1. The maximum Gasteiger partial charge on any atom is 0.272 e. The van der Waals surface area contributed by atoms with Crippen molar-refractivity contribution in [3.63, 3.8) is 0 Å². The Morgan fingerprint density at radius 1 is 1.69 bits per heavy atom. The second kappa shape index (κ2) is 3.84. The number of H-pyrrole nitrogens is 1. The molecular formula is C9H13N5O2. The molecule has 1 fully saturated rings. The van der Waals surface area contributed by atoms with Gasteiger partial charge in [-0.05, 0) is 6.92 Å². The van der Waals surface area contributed by atoms with Gasteiger partial charge in [0.15, 0.2) is 0 Å². The van der Waals surface area contributed by atoms with Crippen LogP contribution in [0.15, 0.2) is 6.07 Å². The van der Waals surface area contributed by atoms with E-state index < -0.39 is 6.04 Å². The van der Waals surface area contributed by atoms with Gasteiger partial charge in [-0.15, -0.1) is 0 Å². The number of amides is 2. The number of nitrogen functional groups attached to an aromatic ring is 1. The smallest absolute Gasteiger partial charge is 0.272 e. The van der Waals surface area contributed by atoms with E-state index in [-0.39, 0.29) is 17.6 Å². The fourth-order valence-corrected chi connectivity index (χ4v) is 1.66. The first kappa shape index (κ1) is 10.5. The van der Waals surface area contributed by atoms with E-state index in [1.807, 2.05) is 0 Å². The number of carbonyl (C=O) groups is 2. The highest BCUT2D eigenvalue weighted by Crippen LogP contribution is 2.10. The van der Waals surface area contributed by atoms with Crippen LogP contribution >= 0.6 is 0 Å². The molecule has 86 valence electrons. The highest BCUT2D eigenvalue weighted by Gasteiger charge is 2.30. The summed E-state index contributed by atoms with van der Waals surface area (Å²) >= 11 is 0. The zero-order valence-corrected chi connectivity index (χ0v) is 8.86. The van der Waals surface area contributed by atoms with Crippen LogP contribution in [-0.4, -0.2) is 46.0 Å². The third-order valence-electron chi connectivity index (χ3n) is 2.59. The van der Waals surface area contributed by atoms with Crippen LogP contribution < -0.4 is 11.1 Å². The van der Waals surface area contributed by atoms with Crippen LogP contribution in [0.25, 0.3) is 0 Å². The molecule has 4 N–H and O–H groups in total. The average molecular weight is 223 g/mol. The second-order valence-corrected chi connectivity index (χ2v) is 3.67. The zero-order chi connectivity index (χ0) is 11.7. The number of nitrogens with zero attached hydrogens (tertiary/aromatic N) is 2. The molecular weight excluding hydrogens is 210 g/mol. The Morgan fingerprint density at radius 2 is 2.44 bits per heavy atom. The Hall–Kier alpha value is -2.05. The zero-order valence-electron chi connectivity index (χ0n) is 8.86. The van der Waals surface area contributed by atoms with Crippen LogP contribution in [0.1, 0.15) is 17.4 Å². The van der Waals surface area contributed by atoms with E-state index >= 15 is 0 Å². The first-order valence-corrected chi connectivity index (χ1v) is 4.99. The van der Waals surface area contributed by atoms with Gasteiger partial charge in [-0.25, -0.2) is 0 Å². The van der Waals surface area contributed by atoms with Crippen LogP contribution in [0.3, 0.4) is 0 Å². The van der Waals surface area contributed by atoms with Gasteiger partial charge in [0.1, 0.15) is 17.6 Å². The molecule has 0 aromatic carbocycles. The summed E-state index contributed by atoms with van der Waals surface area (Å²) in [5, 5.41) is 8.91. The molecule has 1 saturated heterocycles. The first-order chi connectivity index (χ1) is 7.59. The molecule has 2 heterocycles. The van der Waals surface area contributed by atoms with Crippen molar-refractivity contribution in [3.8, 4) is 0 Å². The maximum atomic E-state index is 12.0. The normalized spacial score (nSPS) is 20.7. The maximum absolute atomic E-state index is 12.0. The number of aromatic amines is 1. The van der Waals surface area contributed by atoms with E-state index in [9.17, 15) is 9.59 Å². The molecule has 16 heavy (non-hydrogen) atoms. The average Bonchev–Trinajstić information content (AvgIpc) is 2.68. The summed E-state index contributed by atoms with van der Waals surface area (Å²) in [6.07, 6.45) is 0. The van der Waals surface area contributed by atoms with Crippen molar-refractivity contribution >= 4 is 17.6 Å². The number of hydrogen-bond donors (Lipinski definition) is 3. The Bertz CT molecular complexity index is 427. The highest BCUT2D eigenvalue weighted by molar-refractivity contribution is 5.97. The summed E-state index contributed by atoms with van der Waals surface area (Å²) in [5.41, 5.74) is 5.72. The monoisotopic (exact) mass is 223 g/mol. The molecule has 1 atom stereocenters. The number of nitrogens with one attached hydrogen (secondary N) is 2. The van der Waals surface area contributed by atoms with Crippen molar-refractivity contribution in [1.29, 1.82) is 0 Å². The minimum absolute atomic E-state index is 0.146. The van der Waals surface area contributed by atoms with Gasteiger partial charge in [0.2, 0.25) is 5.91 Å². The van der Waals surface area contributed by atoms with Gasteiger partial charge >= 0.3 is 0 Å². The third-order valence-corrected chi connectivity index (χ3v) is 2.59. The fourth-order valence-electron chi connectivity index (χ4n) is 1.66. The molecule has 7 nitrogen and oxygen atoms in total. The molecule has 1 aromatic heterocycles. The molecule has 0 bridgehead atoms. The van der Waals surface area contributed by atoms with Crippen LogP contribution in [0, 0.1) is 0 Å². The minimum atomic E-state index is -0.467. The molecule has 7 heteroatoms. The van der Waals surface area contributed by atoms with E-state index in [1.54, 1.807) is 6.92 Å². The van der Waals surface area contributed by atoms with Gasteiger partial charge in [0.05, 0.1) is 0 Å². The lowest BCUT2D eigenvalue weighted by Crippen LogP contribution is -2.55. The predicted molar refractivity (Wildman–Crippen MR) is 56.5 cm³/mol. The predicted octanol–water partition coefficient (Wildman–Crippen LogP) is -1.05. The summed E-state index contributed by atoms with van der Waals surface area (Å²) in [7, 11) is 0. The number of anilines is 1. The standard InChI is InChI=1S/C9H13N5O2/c1-5-8(15)11-2-3-14(5)9(16)6-4-7(10)13-12-6/h4-5H,2-3H2,1H3,(H,11,15)(H3,10,12,13). The van der Waals surface area contributed by atoms with Gasteiger partial charge in [-0.3, -0.25) is 14.7 Å². The second-order valence-electron chi connectivity index (χ2n) is 3.67. The van der Waals surface area contributed by atoms with Gasteiger partial charge < -0.3 is 16.0 Å². The van der Waals surface area contributed by atoms with Crippen molar-refractivity contribution < 1.29 is 9.59 Å². The molecule has 1 aromatic rings. The Balaban J connectivity index is 2.18. The quantitative estimate of drug-likeness (QED) is 0.565. The summed E-state index contributed by atoms with van der Waals surface area (Å²) in [6.45, 7) is 2.65. The lowest BCUT2D eigenvalue weighted by molar-refractivity contribution is -0.127. The summed E-state index contributed by atoms with van der Waals surface area (Å²) in [5.74, 6) is -0.142. The summed E-state index contributed by atoms with van der Waals surface area (Å²) < 4.78 is 0. The van der Waals surface area contributed by atoms with Crippen LogP contribution in [0.4, 0.5) is 5.82 Å². The number of rotatable bonds is 1. The molecule has 1 aliphatic heterocycles. The van der Waals surface area contributed by atoms with E-state index in [4.69, 9.17) is 5.73 Å². The van der Waals surface area contributed by atoms with Crippen molar-refractivity contribution in [1.82, 2.24) is 20.4 Å². The summed E-state index contributed by atoms with van der Waals surface area (Å²) in [6, 6.07) is 0.993. The number of carbonyl (C=O) groups excluding carboxylic acids is 2. The lowest BCUT2D eigenvalue weighted by Gasteiger charge is -2.32. The van der Waals surface area contributed by atoms with Crippen molar-refractivity contribution in [3.05, 3.63) is 11.8 Å². The van der Waals surface area contributed by atoms with Crippen LogP contribution in [0.2, 0.25) is 0 Å². The molecule has 2 rings (SSSR count). The Morgan fingerprint density at radius 3 is 3.06 bits per heavy atom. The minimum Gasteiger partial charge on any atom is -0.382 e. The van der Waals surface area contributed by atoms with Gasteiger partial charge in [-0.2, -0.15) is 5.10 Å². The van der Waals surface area contributed by atoms with Crippen molar-refractivity contribution in [2.24, 2.45) is 0 Å². The Kier molecular flexibility index (Phi) is 2.51. The molecule has 1 unspecified atom stereocenters. The van der Waals surface area contributed by atoms with Gasteiger partial charge in [0, 0.05) is 19.2 Å². The van der Waals surface area contributed by atoms with Gasteiger partial charge in [0.25, 0.3) is 5.91 Å². The lowest BCUT2D eigenvalue weighted by atomic mass is 10.2. The van der Waals surface area contributed by atoms with Crippen molar-refractivity contribution in [2.45, 2.75) is 13.0 Å². The molecule has 0 spiro atoms. The first-order valence-electron chi connectivity index (χ1n) is 4.99. The van der Waals surface area contributed by atoms with Gasteiger partial charge in [-0.1, -0.05) is 0 Å². The van der Waals surface area contributed by atoms with E-state index in [0.717, 1.165) is 0 Å². The van der Waals surface area contributed by atoms with E-state index in [0.29, 0.717) is 18.8 Å². The number of hydrogen-bond acceptors (Lipinski definition) is 4. The number of aromatic nitrogens is 2. The molecule has 0 aliphatic carbocycles. The number of nitrogens with two attached hydrogens (primary N) is 1. The molecule has 1 aliphatic rings. The van der Waals surface area contributed by atoms with E-state index in [2.05, 4.69) is 15.5 Å². The fraction of sp³-hybridized carbons (Fsp3) is 0.444. The topological polar surface area (TPSA) is 104 Å². The van der Waals surface area contributed by atoms with E-state index in [1.165, 1.54) is 11.0 Å². The molecule has 0 saturated carbocycles. The van der Waals surface area contributed by atoms with Crippen LogP contribution in [0.5, 0.6) is 0 Å². The SMILES string of the molecule is CC1C(=O)NCCN1C(=O)c1cc(N)n[nH]1. The summed E-state index contributed by atoms with van der Waals surface area (Å²) in [4.78, 5) is 24.9. The van der Waals surface area contributed by atoms with Crippen LogP contribution in [-0.2, 0) is 4.79 Å². The highest BCUT2D eigenvalue weighted by atomic mass is 16.2. The van der Waals surface area contributed by atoms with Crippen molar-refractivity contribution in [2.75, 3.05) is 18.8 Å². The molecule has 0 radical (unpaired) electrons. The largest absolute Gasteiger partial charge is 0.382 e. The Labute approximate surface area is 92.0 Å².